The van der Waals surface area contributed by atoms with Gasteiger partial charge in [-0.25, -0.2) is 13.8 Å². The average Bonchev–Trinajstić information content (AvgIpc) is 2.97. The molecule has 1 aliphatic rings. The number of likely N-dealkylation sites (N-methyl/N-ethyl adjacent to an activating group) is 1. The first kappa shape index (κ1) is 18.7. The number of fused-ring (bicyclic) bond motifs is 1. The van der Waals surface area contributed by atoms with Crippen molar-refractivity contribution in [2.45, 2.75) is 12.8 Å². The molecule has 1 aromatic heterocycles. The van der Waals surface area contributed by atoms with E-state index in [1.807, 2.05) is 4.90 Å². The van der Waals surface area contributed by atoms with E-state index in [4.69, 9.17) is 0 Å². The molecule has 26 heavy (non-hydrogen) atoms. The van der Waals surface area contributed by atoms with E-state index in [-0.39, 0.29) is 34.9 Å². The van der Waals surface area contributed by atoms with Crippen LogP contribution in [0.15, 0.2) is 12.1 Å². The number of nitrogens with zero attached hydrogens (tertiary/aromatic N) is 3. The number of piperidine rings is 1. The number of carbonyl (C=O) groups excluding carboxylic acids is 2. The molecule has 1 aliphatic heterocycles. The van der Waals surface area contributed by atoms with Crippen LogP contribution in [0.3, 0.4) is 0 Å². The Kier molecular flexibility index (Phi) is 5.47. The maximum Gasteiger partial charge on any atom is 0.236 e. The van der Waals surface area contributed by atoms with Gasteiger partial charge in [0.15, 0.2) is 10.9 Å². The number of halogens is 2. The van der Waals surface area contributed by atoms with Gasteiger partial charge in [-0.05, 0) is 25.5 Å². The number of aromatic nitrogens is 1. The van der Waals surface area contributed by atoms with Crippen molar-refractivity contribution in [3.63, 3.8) is 0 Å². The molecule has 1 atom stereocenters. The maximum absolute atomic E-state index is 13.7. The third kappa shape index (κ3) is 4.16. The van der Waals surface area contributed by atoms with E-state index < -0.39 is 11.6 Å². The zero-order valence-electron chi connectivity index (χ0n) is 14.6. The van der Waals surface area contributed by atoms with Crippen LogP contribution in [0.1, 0.15) is 12.8 Å². The number of anilines is 1. The predicted molar refractivity (Wildman–Crippen MR) is 96.0 cm³/mol. The number of hydrogen-bond acceptors (Lipinski definition) is 5. The first-order valence-electron chi connectivity index (χ1n) is 8.32. The molecule has 1 saturated heterocycles. The molecular weight excluding hydrogens is 362 g/mol. The molecule has 2 aromatic rings. The lowest BCUT2D eigenvalue weighted by Crippen LogP contribution is -2.45. The van der Waals surface area contributed by atoms with Crippen molar-refractivity contribution >= 4 is 38.5 Å². The van der Waals surface area contributed by atoms with E-state index >= 15 is 0 Å². The number of thiazole rings is 1. The standard InChI is InChI=1S/C17H20F2N4O2S/c1-22(2)14(24)9-23-5-3-4-10(8-23)16(25)21-17-20-15-12(19)6-11(18)7-13(15)26-17/h6-7,10H,3-5,8-9H2,1-2H3,(H,20,21,25). The van der Waals surface area contributed by atoms with Crippen molar-refractivity contribution in [3.8, 4) is 0 Å². The van der Waals surface area contributed by atoms with Crippen LogP contribution in [0.2, 0.25) is 0 Å². The van der Waals surface area contributed by atoms with Crippen LogP contribution in [0.5, 0.6) is 0 Å². The van der Waals surface area contributed by atoms with Crippen molar-refractivity contribution < 1.29 is 18.4 Å². The normalized spacial score (nSPS) is 18.1. The number of carbonyl (C=O) groups is 2. The predicted octanol–water partition coefficient (Wildman–Crippen LogP) is 2.31. The second-order valence-electron chi connectivity index (χ2n) is 6.61. The summed E-state index contributed by atoms with van der Waals surface area (Å²) >= 11 is 1.04. The topological polar surface area (TPSA) is 65.5 Å². The number of benzene rings is 1. The summed E-state index contributed by atoms with van der Waals surface area (Å²) in [6.45, 7) is 1.54. The molecule has 2 amide bonds. The highest BCUT2D eigenvalue weighted by molar-refractivity contribution is 7.22. The molecule has 9 heteroatoms. The summed E-state index contributed by atoms with van der Waals surface area (Å²) in [6, 6.07) is 1.97. The minimum atomic E-state index is -0.747. The zero-order valence-corrected chi connectivity index (χ0v) is 15.4. The van der Waals surface area contributed by atoms with Gasteiger partial charge in [0.2, 0.25) is 11.8 Å². The molecular formula is C17H20F2N4O2S. The zero-order chi connectivity index (χ0) is 18.8. The van der Waals surface area contributed by atoms with E-state index in [0.29, 0.717) is 17.7 Å². The Morgan fingerprint density at radius 1 is 1.38 bits per heavy atom. The van der Waals surface area contributed by atoms with Gasteiger partial charge in [-0.3, -0.25) is 14.5 Å². The van der Waals surface area contributed by atoms with Gasteiger partial charge < -0.3 is 10.2 Å². The van der Waals surface area contributed by atoms with Gasteiger partial charge in [0.1, 0.15) is 11.3 Å². The summed E-state index contributed by atoms with van der Waals surface area (Å²) in [7, 11) is 3.40. The third-order valence-corrected chi connectivity index (χ3v) is 5.30. The molecule has 1 N–H and O–H groups in total. The fraction of sp³-hybridized carbons (Fsp3) is 0.471. The van der Waals surface area contributed by atoms with E-state index in [2.05, 4.69) is 10.3 Å². The van der Waals surface area contributed by atoms with Crippen LogP contribution >= 0.6 is 11.3 Å². The quantitative estimate of drug-likeness (QED) is 0.881. The van der Waals surface area contributed by atoms with Gasteiger partial charge in [-0.2, -0.15) is 0 Å². The molecule has 6 nitrogen and oxygen atoms in total. The number of rotatable bonds is 4. The Morgan fingerprint density at radius 2 is 2.15 bits per heavy atom. The smallest absolute Gasteiger partial charge is 0.236 e. The highest BCUT2D eigenvalue weighted by atomic mass is 32.1. The fourth-order valence-corrected chi connectivity index (χ4v) is 3.87. The minimum Gasteiger partial charge on any atom is -0.348 e. The summed E-state index contributed by atoms with van der Waals surface area (Å²) in [5.41, 5.74) is 0.0496. The lowest BCUT2D eigenvalue weighted by Gasteiger charge is -2.31. The molecule has 1 aromatic carbocycles. The highest BCUT2D eigenvalue weighted by Gasteiger charge is 2.27. The van der Waals surface area contributed by atoms with Gasteiger partial charge >= 0.3 is 0 Å². The van der Waals surface area contributed by atoms with Crippen LogP contribution in [-0.2, 0) is 9.59 Å². The largest absolute Gasteiger partial charge is 0.348 e. The SMILES string of the molecule is CN(C)C(=O)CN1CCCC(C(=O)Nc2nc3c(F)cc(F)cc3s2)C1. The van der Waals surface area contributed by atoms with Gasteiger partial charge in [-0.1, -0.05) is 11.3 Å². The molecule has 0 aliphatic carbocycles. The van der Waals surface area contributed by atoms with Crippen LogP contribution < -0.4 is 5.32 Å². The van der Waals surface area contributed by atoms with Crippen molar-refractivity contribution in [1.82, 2.24) is 14.8 Å². The summed E-state index contributed by atoms with van der Waals surface area (Å²) in [6.07, 6.45) is 1.53. The number of hydrogen-bond donors (Lipinski definition) is 1. The molecule has 0 saturated carbocycles. The number of nitrogens with one attached hydrogen (secondary N) is 1. The lowest BCUT2D eigenvalue weighted by atomic mass is 9.97. The summed E-state index contributed by atoms with van der Waals surface area (Å²) in [5, 5.41) is 2.95. The Labute approximate surface area is 153 Å². The van der Waals surface area contributed by atoms with E-state index in [0.717, 1.165) is 30.4 Å². The van der Waals surface area contributed by atoms with Gasteiger partial charge in [0.25, 0.3) is 0 Å². The molecule has 1 fully saturated rings. The molecule has 0 bridgehead atoms. The number of amides is 2. The average molecular weight is 382 g/mol. The van der Waals surface area contributed by atoms with Crippen molar-refractivity contribution in [2.24, 2.45) is 5.92 Å². The Bertz CT molecular complexity index is 840. The third-order valence-electron chi connectivity index (χ3n) is 4.38. The van der Waals surface area contributed by atoms with E-state index in [1.165, 1.54) is 11.0 Å². The van der Waals surface area contributed by atoms with Crippen molar-refractivity contribution in [2.75, 3.05) is 39.0 Å². The first-order valence-corrected chi connectivity index (χ1v) is 9.14. The summed E-state index contributed by atoms with van der Waals surface area (Å²) in [5.74, 6) is -1.92. The van der Waals surface area contributed by atoms with Crippen LogP contribution in [0.4, 0.5) is 13.9 Å². The molecule has 140 valence electrons. The second-order valence-corrected chi connectivity index (χ2v) is 7.64. The van der Waals surface area contributed by atoms with Crippen LogP contribution in [0, 0.1) is 17.6 Å². The molecule has 1 unspecified atom stereocenters. The number of likely N-dealkylation sites (tertiary alicyclic amines) is 1. The Morgan fingerprint density at radius 3 is 2.88 bits per heavy atom. The van der Waals surface area contributed by atoms with E-state index in [1.54, 1.807) is 14.1 Å². The maximum atomic E-state index is 13.7. The monoisotopic (exact) mass is 382 g/mol. The molecule has 2 heterocycles. The van der Waals surface area contributed by atoms with E-state index in [9.17, 15) is 18.4 Å². The van der Waals surface area contributed by atoms with Crippen molar-refractivity contribution in [3.05, 3.63) is 23.8 Å². The Balaban J connectivity index is 1.66. The molecule has 0 spiro atoms. The summed E-state index contributed by atoms with van der Waals surface area (Å²) in [4.78, 5) is 31.9. The second kappa shape index (κ2) is 7.63. The molecule has 3 rings (SSSR count). The fourth-order valence-electron chi connectivity index (χ4n) is 2.96. The van der Waals surface area contributed by atoms with Gasteiger partial charge in [-0.15, -0.1) is 0 Å². The van der Waals surface area contributed by atoms with Crippen LogP contribution in [0.25, 0.3) is 10.2 Å². The van der Waals surface area contributed by atoms with Gasteiger partial charge in [0, 0.05) is 26.7 Å². The highest BCUT2D eigenvalue weighted by Crippen LogP contribution is 2.29. The Hall–Kier alpha value is -2.13. The van der Waals surface area contributed by atoms with Gasteiger partial charge in [0.05, 0.1) is 17.2 Å². The lowest BCUT2D eigenvalue weighted by molar-refractivity contribution is -0.131. The minimum absolute atomic E-state index is 0.00488. The molecule has 0 radical (unpaired) electrons. The summed E-state index contributed by atoms with van der Waals surface area (Å²) < 4.78 is 27.4. The van der Waals surface area contributed by atoms with Crippen molar-refractivity contribution in [1.29, 1.82) is 0 Å². The van der Waals surface area contributed by atoms with Crippen LogP contribution in [-0.4, -0.2) is 60.3 Å². The first-order chi connectivity index (χ1) is 12.3.